The summed E-state index contributed by atoms with van der Waals surface area (Å²) < 4.78 is 5.66. The molecular weight excluding hydrogens is 136 g/mol. The van der Waals surface area contributed by atoms with Crippen LogP contribution in [0.3, 0.4) is 0 Å². The average Bonchev–Trinajstić information content (AvgIpc) is 1.85. The van der Waals surface area contributed by atoms with Gasteiger partial charge in [0.15, 0.2) is 0 Å². The van der Waals surface area contributed by atoms with Gasteiger partial charge in [-0.2, -0.15) is 0 Å². The fourth-order valence-electron chi connectivity index (χ4n) is 1.76. The van der Waals surface area contributed by atoms with Gasteiger partial charge in [-0.25, -0.2) is 0 Å². The first kappa shape index (κ1) is 9.05. The molecule has 1 nitrogen and oxygen atoms in total. The molecule has 0 aromatic carbocycles. The van der Waals surface area contributed by atoms with Crippen LogP contribution in [0.5, 0.6) is 0 Å². The lowest BCUT2D eigenvalue weighted by Gasteiger charge is -2.28. The van der Waals surface area contributed by atoms with Crippen LogP contribution in [-0.2, 0) is 4.74 Å². The summed E-state index contributed by atoms with van der Waals surface area (Å²) in [7, 11) is 0. The Morgan fingerprint density at radius 1 is 1.45 bits per heavy atom. The van der Waals surface area contributed by atoms with Crippen LogP contribution < -0.4 is 0 Å². The Hall–Kier alpha value is -0.0400. The third kappa shape index (κ3) is 3.24. The maximum Gasteiger partial charge on any atom is 0.0580 e. The fourth-order valence-corrected chi connectivity index (χ4v) is 1.76. The summed E-state index contributed by atoms with van der Waals surface area (Å²) in [4.78, 5) is 0. The lowest BCUT2D eigenvalue weighted by Crippen LogP contribution is -2.25. The summed E-state index contributed by atoms with van der Waals surface area (Å²) in [5.41, 5.74) is 0. The summed E-state index contributed by atoms with van der Waals surface area (Å²) in [5.74, 6) is 1.66. The van der Waals surface area contributed by atoms with Crippen LogP contribution in [0.25, 0.3) is 0 Å². The molecule has 11 heavy (non-hydrogen) atoms. The minimum absolute atomic E-state index is 0.554. The van der Waals surface area contributed by atoms with Crippen LogP contribution in [-0.4, -0.2) is 12.7 Å². The van der Waals surface area contributed by atoms with Crippen molar-refractivity contribution < 1.29 is 4.74 Å². The van der Waals surface area contributed by atoms with Gasteiger partial charge in [-0.05, 0) is 31.1 Å². The summed E-state index contributed by atoms with van der Waals surface area (Å²) in [6, 6.07) is 0. The van der Waals surface area contributed by atoms with Crippen LogP contribution in [0.2, 0.25) is 0 Å². The molecule has 1 fully saturated rings. The standard InChI is InChI=1S/C10H20O/c1-8(2)6-10-7-9(3)4-5-11-10/h8-10H,4-7H2,1-3H3/t9-,10-/m1/s1. The fraction of sp³-hybridized carbons (Fsp3) is 1.00. The summed E-state index contributed by atoms with van der Waals surface area (Å²) in [6.07, 6.45) is 4.33. The second-order valence-electron chi connectivity index (χ2n) is 4.25. The van der Waals surface area contributed by atoms with Gasteiger partial charge < -0.3 is 4.74 Å². The van der Waals surface area contributed by atoms with Gasteiger partial charge in [0.1, 0.15) is 0 Å². The van der Waals surface area contributed by atoms with Crippen molar-refractivity contribution in [2.24, 2.45) is 11.8 Å². The molecule has 0 unspecified atom stereocenters. The normalized spacial score (nSPS) is 32.7. The molecule has 0 N–H and O–H groups in total. The van der Waals surface area contributed by atoms with Crippen molar-refractivity contribution in [3.8, 4) is 0 Å². The first-order chi connectivity index (χ1) is 5.18. The molecule has 1 aliphatic heterocycles. The van der Waals surface area contributed by atoms with Gasteiger partial charge in [0.2, 0.25) is 0 Å². The van der Waals surface area contributed by atoms with Crippen molar-refractivity contribution in [1.29, 1.82) is 0 Å². The predicted octanol–water partition coefficient (Wildman–Crippen LogP) is 2.85. The van der Waals surface area contributed by atoms with Crippen molar-refractivity contribution in [1.82, 2.24) is 0 Å². The zero-order chi connectivity index (χ0) is 8.27. The van der Waals surface area contributed by atoms with Crippen molar-refractivity contribution in [3.05, 3.63) is 0 Å². The van der Waals surface area contributed by atoms with Crippen LogP contribution in [0.15, 0.2) is 0 Å². The highest BCUT2D eigenvalue weighted by Gasteiger charge is 2.19. The number of ether oxygens (including phenoxy) is 1. The van der Waals surface area contributed by atoms with Gasteiger partial charge in [0.25, 0.3) is 0 Å². The van der Waals surface area contributed by atoms with E-state index in [0.29, 0.717) is 6.10 Å². The zero-order valence-corrected chi connectivity index (χ0v) is 7.97. The van der Waals surface area contributed by atoms with E-state index in [1.807, 2.05) is 0 Å². The van der Waals surface area contributed by atoms with Crippen molar-refractivity contribution in [2.45, 2.75) is 46.1 Å². The van der Waals surface area contributed by atoms with Crippen LogP contribution in [0, 0.1) is 11.8 Å². The quantitative estimate of drug-likeness (QED) is 0.597. The molecule has 1 saturated heterocycles. The zero-order valence-electron chi connectivity index (χ0n) is 7.97. The van der Waals surface area contributed by atoms with Crippen LogP contribution in [0.1, 0.15) is 40.0 Å². The van der Waals surface area contributed by atoms with E-state index in [9.17, 15) is 0 Å². The van der Waals surface area contributed by atoms with Crippen LogP contribution >= 0.6 is 0 Å². The molecule has 1 heteroatoms. The molecule has 1 heterocycles. The second-order valence-corrected chi connectivity index (χ2v) is 4.25. The highest BCUT2D eigenvalue weighted by Crippen LogP contribution is 2.23. The smallest absolute Gasteiger partial charge is 0.0580 e. The largest absolute Gasteiger partial charge is 0.378 e. The molecule has 0 amide bonds. The van der Waals surface area contributed by atoms with Crippen molar-refractivity contribution in [3.63, 3.8) is 0 Å². The van der Waals surface area contributed by atoms with E-state index in [4.69, 9.17) is 4.74 Å². The Labute approximate surface area is 70.1 Å². The monoisotopic (exact) mass is 156 g/mol. The molecule has 1 aliphatic rings. The first-order valence-electron chi connectivity index (χ1n) is 4.80. The Morgan fingerprint density at radius 2 is 2.18 bits per heavy atom. The first-order valence-corrected chi connectivity index (χ1v) is 4.80. The Morgan fingerprint density at radius 3 is 2.73 bits per heavy atom. The second kappa shape index (κ2) is 4.10. The number of hydrogen-bond donors (Lipinski definition) is 0. The maximum absolute atomic E-state index is 5.66. The molecule has 0 aromatic heterocycles. The van der Waals surface area contributed by atoms with E-state index in [0.717, 1.165) is 18.4 Å². The Kier molecular flexibility index (Phi) is 3.38. The topological polar surface area (TPSA) is 9.23 Å². The molecule has 0 radical (unpaired) electrons. The van der Waals surface area contributed by atoms with E-state index >= 15 is 0 Å². The minimum atomic E-state index is 0.554. The van der Waals surface area contributed by atoms with Gasteiger partial charge in [0.05, 0.1) is 6.10 Å². The molecule has 0 aromatic rings. The van der Waals surface area contributed by atoms with E-state index in [-0.39, 0.29) is 0 Å². The maximum atomic E-state index is 5.66. The average molecular weight is 156 g/mol. The third-order valence-electron chi connectivity index (χ3n) is 2.36. The third-order valence-corrected chi connectivity index (χ3v) is 2.36. The van der Waals surface area contributed by atoms with E-state index in [1.165, 1.54) is 19.3 Å². The molecule has 0 spiro atoms. The molecule has 1 rings (SSSR count). The number of rotatable bonds is 2. The SMILES string of the molecule is CC(C)C[C@@H]1C[C@H](C)CCO1. The summed E-state index contributed by atoms with van der Waals surface area (Å²) >= 11 is 0. The van der Waals surface area contributed by atoms with E-state index < -0.39 is 0 Å². The van der Waals surface area contributed by atoms with Gasteiger partial charge in [-0.1, -0.05) is 20.8 Å². The van der Waals surface area contributed by atoms with Gasteiger partial charge in [-0.3, -0.25) is 0 Å². The molecule has 0 bridgehead atoms. The highest BCUT2D eigenvalue weighted by molar-refractivity contribution is 4.69. The molecule has 0 saturated carbocycles. The summed E-state index contributed by atoms with van der Waals surface area (Å²) in [5, 5.41) is 0. The number of hydrogen-bond acceptors (Lipinski definition) is 1. The Bertz CT molecular complexity index is 107. The minimum Gasteiger partial charge on any atom is -0.378 e. The van der Waals surface area contributed by atoms with E-state index in [2.05, 4.69) is 20.8 Å². The lowest BCUT2D eigenvalue weighted by molar-refractivity contribution is -0.0155. The Balaban J connectivity index is 2.23. The molecule has 66 valence electrons. The van der Waals surface area contributed by atoms with Gasteiger partial charge in [-0.15, -0.1) is 0 Å². The predicted molar refractivity (Wildman–Crippen MR) is 47.6 cm³/mol. The highest BCUT2D eigenvalue weighted by atomic mass is 16.5. The van der Waals surface area contributed by atoms with Gasteiger partial charge in [0, 0.05) is 6.61 Å². The van der Waals surface area contributed by atoms with Crippen molar-refractivity contribution in [2.75, 3.05) is 6.61 Å². The van der Waals surface area contributed by atoms with Crippen molar-refractivity contribution >= 4 is 0 Å². The molecular formula is C10H20O. The van der Waals surface area contributed by atoms with Gasteiger partial charge >= 0.3 is 0 Å². The lowest BCUT2D eigenvalue weighted by atomic mass is 9.93. The van der Waals surface area contributed by atoms with Crippen LogP contribution in [0.4, 0.5) is 0 Å². The molecule has 0 aliphatic carbocycles. The summed E-state index contributed by atoms with van der Waals surface area (Å²) in [6.45, 7) is 7.85. The van der Waals surface area contributed by atoms with E-state index in [1.54, 1.807) is 0 Å². The molecule has 2 atom stereocenters.